The molecule has 33 heavy (non-hydrogen) atoms. The minimum Gasteiger partial charge on any atom is -0.475 e. The van der Waals surface area contributed by atoms with Crippen LogP contribution in [-0.4, -0.2) is 69.9 Å². The molecule has 2 aromatic heterocycles. The van der Waals surface area contributed by atoms with Crippen molar-refractivity contribution in [3.05, 3.63) is 59.7 Å². The highest BCUT2D eigenvalue weighted by Crippen LogP contribution is 2.40. The molecule has 2 saturated heterocycles. The molecule has 0 aliphatic carbocycles. The number of amides is 1. The minimum atomic E-state index is -5.08. The molecule has 1 amide bonds. The molecule has 2 aromatic rings. The molecule has 8 nitrogen and oxygen atoms in total. The van der Waals surface area contributed by atoms with Crippen molar-refractivity contribution >= 4 is 11.9 Å². The number of rotatable bonds is 5. The number of alkyl halides is 3. The molecule has 2 fully saturated rings. The maximum atomic E-state index is 12.6. The third-order valence-corrected chi connectivity index (χ3v) is 5.45. The summed E-state index contributed by atoms with van der Waals surface area (Å²) in [6.07, 6.45) is -2.35. The first-order valence-corrected chi connectivity index (χ1v) is 10.3. The Balaban J connectivity index is 0.000000383. The van der Waals surface area contributed by atoms with E-state index in [4.69, 9.17) is 19.4 Å². The topological polar surface area (TPSA) is 102 Å². The van der Waals surface area contributed by atoms with E-state index in [2.05, 4.69) is 9.97 Å². The molecule has 2 aliphatic rings. The van der Waals surface area contributed by atoms with Crippen molar-refractivity contribution in [1.82, 2.24) is 14.9 Å². The number of likely N-dealkylation sites (tertiary alicyclic amines) is 1. The summed E-state index contributed by atoms with van der Waals surface area (Å²) in [5, 5.41) is 7.12. The maximum absolute atomic E-state index is 12.6. The van der Waals surface area contributed by atoms with Crippen LogP contribution in [0.4, 0.5) is 13.2 Å². The van der Waals surface area contributed by atoms with Gasteiger partial charge in [-0.15, -0.1) is 0 Å². The zero-order chi connectivity index (χ0) is 24.1. The van der Waals surface area contributed by atoms with Crippen LogP contribution in [0.15, 0.2) is 42.6 Å². The van der Waals surface area contributed by atoms with Crippen molar-refractivity contribution < 1.29 is 37.3 Å². The molecule has 1 N–H and O–H groups in total. The largest absolute Gasteiger partial charge is 0.490 e. The van der Waals surface area contributed by atoms with E-state index < -0.39 is 12.1 Å². The van der Waals surface area contributed by atoms with Gasteiger partial charge in [-0.1, -0.05) is 12.1 Å². The van der Waals surface area contributed by atoms with E-state index in [0.29, 0.717) is 37.9 Å². The second-order valence-corrected chi connectivity index (χ2v) is 7.86. The predicted octanol–water partition coefficient (Wildman–Crippen LogP) is 2.87. The third-order valence-electron chi connectivity index (χ3n) is 5.45. The molecule has 11 heteroatoms. The summed E-state index contributed by atoms with van der Waals surface area (Å²) in [4.78, 5) is 31.9. The summed E-state index contributed by atoms with van der Waals surface area (Å²) >= 11 is 0. The summed E-state index contributed by atoms with van der Waals surface area (Å²) < 4.78 is 43.6. The van der Waals surface area contributed by atoms with Gasteiger partial charge in [-0.2, -0.15) is 13.2 Å². The van der Waals surface area contributed by atoms with Crippen LogP contribution in [0.3, 0.4) is 0 Å². The highest BCUT2D eigenvalue weighted by atomic mass is 19.4. The van der Waals surface area contributed by atoms with Gasteiger partial charge in [0.1, 0.15) is 11.3 Å². The van der Waals surface area contributed by atoms with Crippen LogP contribution in [0.1, 0.15) is 28.3 Å². The Morgan fingerprint density at radius 2 is 1.97 bits per heavy atom. The fourth-order valence-electron chi connectivity index (χ4n) is 3.73. The van der Waals surface area contributed by atoms with Gasteiger partial charge in [0.25, 0.3) is 5.91 Å². The molecule has 2 aliphatic heterocycles. The van der Waals surface area contributed by atoms with E-state index in [1.54, 1.807) is 12.3 Å². The Morgan fingerprint density at radius 1 is 1.24 bits per heavy atom. The first-order valence-electron chi connectivity index (χ1n) is 10.3. The third kappa shape index (κ3) is 6.26. The summed E-state index contributed by atoms with van der Waals surface area (Å²) in [6, 6.07) is 11.3. The summed E-state index contributed by atoms with van der Waals surface area (Å²) in [6.45, 7) is 4.97. The van der Waals surface area contributed by atoms with Crippen LogP contribution in [0.25, 0.3) is 0 Å². The zero-order valence-electron chi connectivity index (χ0n) is 17.9. The Kier molecular flexibility index (Phi) is 7.65. The fourth-order valence-corrected chi connectivity index (χ4v) is 3.73. The first kappa shape index (κ1) is 24.6. The van der Waals surface area contributed by atoms with Crippen molar-refractivity contribution in [1.29, 1.82) is 0 Å². The van der Waals surface area contributed by atoms with Gasteiger partial charge in [0.15, 0.2) is 0 Å². The van der Waals surface area contributed by atoms with Crippen LogP contribution >= 0.6 is 0 Å². The van der Waals surface area contributed by atoms with Gasteiger partial charge in [0.2, 0.25) is 0 Å². The number of carbonyl (C=O) groups is 2. The minimum absolute atomic E-state index is 0.0250. The molecule has 0 bridgehead atoms. The van der Waals surface area contributed by atoms with E-state index >= 15 is 0 Å². The van der Waals surface area contributed by atoms with Crippen LogP contribution in [-0.2, 0) is 20.9 Å². The van der Waals surface area contributed by atoms with Crippen LogP contribution < -0.4 is 0 Å². The van der Waals surface area contributed by atoms with E-state index in [9.17, 15) is 18.0 Å². The molecular weight excluding hydrogens is 443 g/mol. The molecule has 0 saturated carbocycles. The number of nitrogens with zero attached hydrogens (tertiary/aromatic N) is 3. The number of aromatic nitrogens is 2. The number of carboxylic acids is 1. The van der Waals surface area contributed by atoms with Crippen LogP contribution in [0, 0.1) is 12.8 Å². The molecular formula is C22H24F3N3O5. The lowest BCUT2D eigenvalue weighted by Crippen LogP contribution is -2.66. The van der Waals surface area contributed by atoms with Crippen LogP contribution in [0.5, 0.6) is 0 Å². The number of halogens is 3. The molecule has 4 rings (SSSR count). The van der Waals surface area contributed by atoms with Gasteiger partial charge in [-0.25, -0.2) is 9.78 Å². The molecule has 0 aromatic carbocycles. The number of aryl methyl sites for hydroxylation is 1. The molecule has 1 unspecified atom stereocenters. The second kappa shape index (κ2) is 10.3. The quantitative estimate of drug-likeness (QED) is 0.722. The smallest absolute Gasteiger partial charge is 0.475 e. The van der Waals surface area contributed by atoms with Gasteiger partial charge in [-0.05, 0) is 37.6 Å². The Hall–Kier alpha value is -3.05. The lowest BCUT2D eigenvalue weighted by molar-refractivity contribution is -0.192. The standard InChI is InChI=1S/C20H23N3O3.C2HF3O2/c1-15-5-4-7-18(22-15)19(24)23-13-20(14-23)16(8-10-26-20)11-25-12-17-6-2-3-9-21-17;3-2(4,5)1(6)7/h2-7,9,16H,8,10-14H2,1H3;(H,6,7). The number of ether oxygens (including phenoxy) is 2. The predicted molar refractivity (Wildman–Crippen MR) is 109 cm³/mol. The van der Waals surface area contributed by atoms with Gasteiger partial charge < -0.3 is 19.5 Å². The van der Waals surface area contributed by atoms with Crippen molar-refractivity contribution in [2.24, 2.45) is 5.92 Å². The van der Waals surface area contributed by atoms with Crippen molar-refractivity contribution in [3.63, 3.8) is 0 Å². The Labute approximate surface area is 188 Å². The van der Waals surface area contributed by atoms with E-state index in [1.165, 1.54) is 0 Å². The molecule has 178 valence electrons. The SMILES string of the molecule is Cc1cccc(C(=O)N2CC3(C2)OCCC3COCc2ccccn2)n1.O=C(O)C(F)(F)F. The molecule has 4 heterocycles. The fraction of sp³-hybridized carbons (Fsp3) is 0.455. The Bertz CT molecular complexity index is 965. The number of aliphatic carboxylic acids is 1. The molecule has 1 atom stereocenters. The lowest BCUT2D eigenvalue weighted by atomic mass is 9.81. The van der Waals surface area contributed by atoms with Crippen molar-refractivity contribution in [3.8, 4) is 0 Å². The van der Waals surface area contributed by atoms with E-state index in [-0.39, 0.29) is 11.5 Å². The number of pyridine rings is 2. The number of hydrogen-bond donors (Lipinski definition) is 1. The normalized spacial score (nSPS) is 18.9. The number of carboxylic acid groups (broad SMARTS) is 1. The van der Waals surface area contributed by atoms with Gasteiger partial charge in [0, 0.05) is 24.4 Å². The van der Waals surface area contributed by atoms with Gasteiger partial charge in [-0.3, -0.25) is 9.78 Å². The zero-order valence-corrected chi connectivity index (χ0v) is 17.9. The monoisotopic (exact) mass is 467 g/mol. The van der Waals surface area contributed by atoms with Crippen molar-refractivity contribution in [2.75, 3.05) is 26.3 Å². The second-order valence-electron chi connectivity index (χ2n) is 7.86. The van der Waals surface area contributed by atoms with Gasteiger partial charge >= 0.3 is 12.1 Å². The highest BCUT2D eigenvalue weighted by Gasteiger charge is 2.54. The lowest BCUT2D eigenvalue weighted by Gasteiger charge is -2.50. The first-order chi connectivity index (χ1) is 15.6. The van der Waals surface area contributed by atoms with E-state index in [1.807, 2.05) is 42.2 Å². The summed E-state index contributed by atoms with van der Waals surface area (Å²) in [7, 11) is 0. The average Bonchev–Trinajstić information content (AvgIpc) is 3.17. The summed E-state index contributed by atoms with van der Waals surface area (Å²) in [5.41, 5.74) is 2.02. The average molecular weight is 467 g/mol. The summed E-state index contributed by atoms with van der Waals surface area (Å²) in [5.74, 6) is -2.48. The Morgan fingerprint density at radius 3 is 2.58 bits per heavy atom. The highest BCUT2D eigenvalue weighted by molar-refractivity contribution is 5.93. The van der Waals surface area contributed by atoms with Crippen molar-refractivity contribution in [2.45, 2.75) is 31.7 Å². The van der Waals surface area contributed by atoms with Crippen LogP contribution in [0.2, 0.25) is 0 Å². The molecule has 1 spiro atoms. The number of hydrogen-bond acceptors (Lipinski definition) is 6. The van der Waals surface area contributed by atoms with Gasteiger partial charge in [0.05, 0.1) is 32.0 Å². The molecule has 0 radical (unpaired) electrons. The number of carbonyl (C=O) groups excluding carboxylic acids is 1. The maximum Gasteiger partial charge on any atom is 0.490 e. The van der Waals surface area contributed by atoms with E-state index in [0.717, 1.165) is 24.4 Å².